The van der Waals surface area contributed by atoms with Crippen LogP contribution in [0.1, 0.15) is 134 Å². The molecule has 4 atom stereocenters. The highest BCUT2D eigenvalue weighted by Crippen LogP contribution is 2.26. The molecule has 438 valence electrons. The summed E-state index contributed by atoms with van der Waals surface area (Å²) in [7, 11) is 5.45. The monoisotopic (exact) mass is 1120 g/mol. The van der Waals surface area contributed by atoms with Gasteiger partial charge in [0.15, 0.2) is 23.1 Å². The van der Waals surface area contributed by atoms with Crippen molar-refractivity contribution in [1.82, 2.24) is 16.0 Å². The smallest absolute Gasteiger partial charge is 0.303 e. The third-order valence-corrected chi connectivity index (χ3v) is 13.6. The molecule has 0 unspecified atom stereocenters. The van der Waals surface area contributed by atoms with Gasteiger partial charge < -0.3 is 68.7 Å². The van der Waals surface area contributed by atoms with Crippen molar-refractivity contribution in [2.75, 3.05) is 48.1 Å². The number of carboxylic acids is 1. The second-order valence-electron chi connectivity index (χ2n) is 19.5. The van der Waals surface area contributed by atoms with E-state index in [-0.39, 0.29) is 102 Å². The molecule has 22 heteroatoms. The Morgan fingerprint density at radius 2 is 0.728 bits per heavy atom. The van der Waals surface area contributed by atoms with E-state index in [2.05, 4.69) is 16.0 Å². The van der Waals surface area contributed by atoms with E-state index < -0.39 is 71.8 Å². The first kappa shape index (κ1) is 65.5. The minimum Gasteiger partial charge on any atom is -0.496 e. The van der Waals surface area contributed by atoms with Gasteiger partial charge in [0.05, 0.1) is 74.9 Å². The maximum Gasteiger partial charge on any atom is 0.303 e. The average Bonchev–Trinajstić information content (AvgIpc) is 3.45. The Morgan fingerprint density at radius 1 is 0.432 bits per heavy atom. The van der Waals surface area contributed by atoms with Crippen LogP contribution in [0.2, 0.25) is 0 Å². The lowest BCUT2D eigenvalue weighted by atomic mass is 9.95. The van der Waals surface area contributed by atoms with E-state index in [0.717, 1.165) is 6.42 Å². The van der Waals surface area contributed by atoms with Crippen LogP contribution in [0.25, 0.3) is 0 Å². The fraction of sp³-hybridized carbons (Fsp3) is 0.441. The topological polar surface area (TPSA) is 377 Å². The lowest BCUT2D eigenvalue weighted by Gasteiger charge is -2.21. The summed E-state index contributed by atoms with van der Waals surface area (Å²) in [6.07, 6.45) is 2.79. The SMILES string of the molecule is COc1ccc(CC(=O)[C@H](CCCCN)NC(=O)c2cc(CC(=O)[C@H](CCCCN)NC(=O)c3cc(CC(=O)[C@H](CCC(=O)O)NC(=O)c4cc(CC(=O)[C@@H](N)CCCCN)ccc4OC)ccc3OC)ccc2OC)cc1C(N)=O. The molecule has 0 aliphatic carbocycles. The number of Topliss-reactive ketones (excluding diaryl/α,β-unsaturated/α-hetero) is 4. The molecular formula is C59H78N8O14. The van der Waals surface area contributed by atoms with E-state index in [1.165, 1.54) is 83.0 Å². The van der Waals surface area contributed by atoms with Gasteiger partial charge in [0.2, 0.25) is 0 Å². The molecule has 4 aromatic rings. The molecule has 4 amide bonds. The van der Waals surface area contributed by atoms with Gasteiger partial charge in [-0.25, -0.2) is 0 Å². The molecule has 0 aliphatic rings. The Labute approximate surface area is 471 Å². The number of hydrogen-bond acceptors (Lipinski definition) is 17. The van der Waals surface area contributed by atoms with Crippen molar-refractivity contribution < 1.29 is 67.2 Å². The molecule has 4 aromatic carbocycles. The van der Waals surface area contributed by atoms with Crippen LogP contribution in [0.4, 0.5) is 0 Å². The average molecular weight is 1120 g/mol. The van der Waals surface area contributed by atoms with Crippen molar-refractivity contribution in [3.05, 3.63) is 117 Å². The van der Waals surface area contributed by atoms with E-state index in [0.29, 0.717) is 80.4 Å². The number of unbranched alkanes of at least 4 members (excludes halogenated alkanes) is 3. The third-order valence-electron chi connectivity index (χ3n) is 13.6. The van der Waals surface area contributed by atoms with Gasteiger partial charge in [-0.1, -0.05) is 30.7 Å². The van der Waals surface area contributed by atoms with Crippen LogP contribution >= 0.6 is 0 Å². The normalized spacial score (nSPS) is 12.4. The van der Waals surface area contributed by atoms with Crippen LogP contribution in [0.3, 0.4) is 0 Å². The molecule has 0 radical (unpaired) electrons. The first-order valence-corrected chi connectivity index (χ1v) is 26.9. The summed E-state index contributed by atoms with van der Waals surface area (Å²) in [6.45, 7) is 1.16. The number of hydrogen-bond donors (Lipinski definition) is 9. The lowest BCUT2D eigenvalue weighted by Crippen LogP contribution is -2.42. The predicted octanol–water partition coefficient (Wildman–Crippen LogP) is 3.24. The lowest BCUT2D eigenvalue weighted by molar-refractivity contribution is -0.137. The van der Waals surface area contributed by atoms with Crippen molar-refractivity contribution in [3.8, 4) is 23.0 Å². The number of rotatable bonds is 38. The molecule has 0 bridgehead atoms. The molecule has 0 saturated heterocycles. The van der Waals surface area contributed by atoms with Crippen LogP contribution in [0.15, 0.2) is 72.8 Å². The quantitative estimate of drug-likeness (QED) is 0.0291. The summed E-state index contributed by atoms with van der Waals surface area (Å²) >= 11 is 0. The summed E-state index contributed by atoms with van der Waals surface area (Å²) in [5.74, 6) is -5.00. The maximum absolute atomic E-state index is 14.3. The summed E-state index contributed by atoms with van der Waals surface area (Å²) in [4.78, 5) is 121. The molecule has 4 rings (SSSR count). The highest BCUT2D eigenvalue weighted by molar-refractivity contribution is 6.03. The van der Waals surface area contributed by atoms with E-state index in [4.69, 9.17) is 47.6 Å². The number of methoxy groups -OCH3 is 4. The summed E-state index contributed by atoms with van der Waals surface area (Å²) in [5, 5.41) is 17.9. The minimum atomic E-state index is -1.32. The first-order valence-electron chi connectivity index (χ1n) is 26.9. The van der Waals surface area contributed by atoms with Crippen molar-refractivity contribution in [2.45, 2.75) is 120 Å². The molecule has 14 N–H and O–H groups in total. The van der Waals surface area contributed by atoms with Gasteiger partial charge in [-0.2, -0.15) is 0 Å². The number of benzene rings is 4. The molecule has 0 fully saturated rings. The van der Waals surface area contributed by atoms with Crippen molar-refractivity contribution in [3.63, 3.8) is 0 Å². The van der Waals surface area contributed by atoms with E-state index in [1.807, 2.05) is 0 Å². The number of nitrogens with one attached hydrogen (secondary N) is 3. The number of primary amides is 1. The predicted molar refractivity (Wildman–Crippen MR) is 303 cm³/mol. The number of ketones is 4. The number of carbonyl (C=O) groups excluding carboxylic acids is 8. The standard InChI is InChI=1S/C59H78N8O14/c1-78-51-19-14-35(27-39(51)56(64)74)32-48(69)44(12-6-9-25-61)65-57(75)41-29-37(16-21-53(41)80-3)33-49(70)45(13-7-10-26-62)66-58(76)42-30-38(17-22-54(42)81-4)34-50(71)46(18-23-55(72)73)67-59(77)40-28-36(15-20-52(40)79-2)31-47(68)43(63)11-5-8-24-60/h14-17,19-22,27-30,43-46H,5-13,18,23-26,31-34,60-63H2,1-4H3,(H2,64,74)(H,65,75)(H,66,76)(H,67,77)(H,72,73)/t43-,44-,45-,46-/m0/s1. The van der Waals surface area contributed by atoms with Crippen LogP contribution in [-0.4, -0.2) is 130 Å². The van der Waals surface area contributed by atoms with Gasteiger partial charge in [-0.3, -0.25) is 43.2 Å². The second kappa shape index (κ2) is 33.5. The summed E-state index contributed by atoms with van der Waals surface area (Å²) in [6, 6.07) is 14.1. The zero-order chi connectivity index (χ0) is 59.6. The van der Waals surface area contributed by atoms with Crippen LogP contribution < -0.4 is 63.6 Å². The number of carboxylic acid groups (broad SMARTS) is 1. The molecule has 0 spiro atoms. The summed E-state index contributed by atoms with van der Waals surface area (Å²) in [5.41, 5.74) is 30.5. The molecule has 0 aromatic heterocycles. The Morgan fingerprint density at radius 3 is 1.04 bits per heavy atom. The van der Waals surface area contributed by atoms with Gasteiger partial charge >= 0.3 is 5.97 Å². The largest absolute Gasteiger partial charge is 0.496 e. The molecule has 0 heterocycles. The number of carbonyl (C=O) groups is 9. The van der Waals surface area contributed by atoms with Crippen LogP contribution in [0.5, 0.6) is 23.0 Å². The van der Waals surface area contributed by atoms with Crippen molar-refractivity contribution in [1.29, 1.82) is 0 Å². The van der Waals surface area contributed by atoms with Crippen LogP contribution in [0, 0.1) is 0 Å². The fourth-order valence-electron chi connectivity index (χ4n) is 9.06. The van der Waals surface area contributed by atoms with Gasteiger partial charge in [-0.15, -0.1) is 0 Å². The van der Waals surface area contributed by atoms with Crippen LogP contribution in [-0.2, 0) is 49.7 Å². The minimum absolute atomic E-state index is 0.00166. The first-order chi connectivity index (χ1) is 38.8. The zero-order valence-corrected chi connectivity index (χ0v) is 46.6. The van der Waals surface area contributed by atoms with Crippen molar-refractivity contribution in [2.24, 2.45) is 28.7 Å². The third kappa shape index (κ3) is 20.2. The van der Waals surface area contributed by atoms with Gasteiger partial charge in [-0.05, 0) is 148 Å². The Hall–Kier alpha value is -8.05. The number of nitrogens with two attached hydrogens (primary N) is 5. The van der Waals surface area contributed by atoms with Gasteiger partial charge in [0.25, 0.3) is 23.6 Å². The number of ether oxygens (including phenoxy) is 4. The zero-order valence-electron chi connectivity index (χ0n) is 46.6. The highest BCUT2D eigenvalue weighted by Gasteiger charge is 2.29. The molecular weight excluding hydrogens is 1040 g/mol. The van der Waals surface area contributed by atoms with E-state index >= 15 is 0 Å². The Bertz CT molecular complexity index is 2860. The van der Waals surface area contributed by atoms with Gasteiger partial charge in [0.1, 0.15) is 23.0 Å². The molecule has 0 aliphatic heterocycles. The number of aliphatic carboxylic acids is 1. The fourth-order valence-corrected chi connectivity index (χ4v) is 9.06. The Balaban J connectivity index is 1.55. The second-order valence-corrected chi connectivity index (χ2v) is 19.5. The van der Waals surface area contributed by atoms with Gasteiger partial charge in [0, 0.05) is 32.1 Å². The van der Waals surface area contributed by atoms with Crippen molar-refractivity contribution >= 4 is 52.7 Å². The van der Waals surface area contributed by atoms with E-state index in [1.54, 1.807) is 18.2 Å². The van der Waals surface area contributed by atoms with E-state index in [9.17, 15) is 48.3 Å². The highest BCUT2D eigenvalue weighted by atomic mass is 16.5. The molecule has 81 heavy (non-hydrogen) atoms. The maximum atomic E-state index is 14.3. The number of amides is 4. The Kier molecular flexibility index (Phi) is 27.1. The molecule has 0 saturated carbocycles. The molecule has 22 nitrogen and oxygen atoms in total. The summed E-state index contributed by atoms with van der Waals surface area (Å²) < 4.78 is 21.7.